The molecule has 0 aliphatic heterocycles. The maximum Gasteiger partial charge on any atom is 0.309 e. The van der Waals surface area contributed by atoms with Crippen LogP contribution in [0, 0.1) is 17.3 Å². The number of hydrogen-bond acceptors (Lipinski definition) is 2. The highest BCUT2D eigenvalue weighted by Crippen LogP contribution is 2.63. The molecule has 0 radical (unpaired) electrons. The fraction of sp³-hybridized carbons (Fsp3) is 0.933. The first kappa shape index (κ1) is 12.5. The van der Waals surface area contributed by atoms with Gasteiger partial charge in [0.05, 0.1) is 5.41 Å². The maximum atomic E-state index is 11.8. The van der Waals surface area contributed by atoms with Crippen LogP contribution in [0.1, 0.15) is 52.4 Å². The predicted octanol–water partition coefficient (Wildman–Crippen LogP) is 2.75. The summed E-state index contributed by atoms with van der Waals surface area (Å²) in [6.45, 7) is 6.56. The third-order valence-electron chi connectivity index (χ3n) is 5.92. The van der Waals surface area contributed by atoms with Gasteiger partial charge < -0.3 is 5.11 Å². The van der Waals surface area contributed by atoms with Gasteiger partial charge in [-0.3, -0.25) is 9.69 Å². The van der Waals surface area contributed by atoms with Crippen molar-refractivity contribution in [2.75, 3.05) is 13.1 Å². The Kier molecular flexibility index (Phi) is 2.74. The first-order valence-corrected chi connectivity index (χ1v) is 7.52. The van der Waals surface area contributed by atoms with Gasteiger partial charge in [0.2, 0.25) is 0 Å². The topological polar surface area (TPSA) is 40.5 Å². The first-order chi connectivity index (χ1) is 8.53. The molecule has 4 fully saturated rings. The van der Waals surface area contributed by atoms with Crippen LogP contribution in [-0.4, -0.2) is 34.6 Å². The van der Waals surface area contributed by atoms with E-state index in [4.69, 9.17) is 0 Å². The standard InChI is InChI=1S/C15H25NO2/c1-3-16(4-2)15-8-11-5-12(9-15)7-14(6-11,10-15)13(17)18/h11-12H,3-10H2,1-2H3,(H,17,18). The maximum absolute atomic E-state index is 11.8. The fourth-order valence-corrected chi connectivity index (χ4v) is 5.73. The summed E-state index contributed by atoms with van der Waals surface area (Å²) in [6.07, 6.45) is 6.59. The van der Waals surface area contributed by atoms with Crippen LogP contribution < -0.4 is 0 Å². The van der Waals surface area contributed by atoms with Crippen molar-refractivity contribution in [3.63, 3.8) is 0 Å². The first-order valence-electron chi connectivity index (χ1n) is 7.52. The van der Waals surface area contributed by atoms with Crippen molar-refractivity contribution < 1.29 is 9.90 Å². The van der Waals surface area contributed by atoms with Crippen molar-refractivity contribution in [2.45, 2.75) is 57.9 Å². The second kappa shape index (κ2) is 3.96. The molecule has 0 amide bonds. The van der Waals surface area contributed by atoms with Crippen molar-refractivity contribution in [3.8, 4) is 0 Å². The number of hydrogen-bond donors (Lipinski definition) is 1. The molecule has 2 atom stereocenters. The van der Waals surface area contributed by atoms with Gasteiger partial charge in [-0.15, -0.1) is 0 Å². The van der Waals surface area contributed by atoms with Gasteiger partial charge in [-0.25, -0.2) is 0 Å². The number of aliphatic carboxylic acids is 1. The summed E-state index contributed by atoms with van der Waals surface area (Å²) in [7, 11) is 0. The van der Waals surface area contributed by atoms with E-state index in [2.05, 4.69) is 18.7 Å². The van der Waals surface area contributed by atoms with Gasteiger partial charge in [-0.05, 0) is 63.5 Å². The van der Waals surface area contributed by atoms with E-state index >= 15 is 0 Å². The molecule has 0 aromatic heterocycles. The molecule has 0 saturated heterocycles. The lowest BCUT2D eigenvalue weighted by Gasteiger charge is -2.63. The number of nitrogens with zero attached hydrogens (tertiary/aromatic N) is 1. The lowest BCUT2D eigenvalue weighted by atomic mass is 9.46. The minimum atomic E-state index is -0.520. The van der Waals surface area contributed by atoms with E-state index in [-0.39, 0.29) is 11.0 Å². The molecule has 0 aromatic rings. The number of carboxylic acids is 1. The van der Waals surface area contributed by atoms with Crippen LogP contribution >= 0.6 is 0 Å². The number of carboxylic acid groups (broad SMARTS) is 1. The van der Waals surface area contributed by atoms with Gasteiger partial charge in [0.25, 0.3) is 0 Å². The van der Waals surface area contributed by atoms with E-state index in [0.717, 1.165) is 32.4 Å². The molecule has 102 valence electrons. The Hall–Kier alpha value is -0.570. The third kappa shape index (κ3) is 1.56. The molecule has 1 N–H and O–H groups in total. The monoisotopic (exact) mass is 251 g/mol. The predicted molar refractivity (Wildman–Crippen MR) is 70.4 cm³/mol. The van der Waals surface area contributed by atoms with Crippen LogP contribution in [-0.2, 0) is 4.79 Å². The molecule has 0 aromatic carbocycles. The molecule has 4 saturated carbocycles. The van der Waals surface area contributed by atoms with Crippen LogP contribution in [0.15, 0.2) is 0 Å². The third-order valence-corrected chi connectivity index (χ3v) is 5.92. The highest BCUT2D eigenvalue weighted by molar-refractivity contribution is 5.75. The average Bonchev–Trinajstić information content (AvgIpc) is 2.28. The van der Waals surface area contributed by atoms with Gasteiger partial charge in [0, 0.05) is 5.54 Å². The van der Waals surface area contributed by atoms with E-state index in [1.165, 1.54) is 19.3 Å². The quantitative estimate of drug-likeness (QED) is 0.835. The molecule has 4 aliphatic carbocycles. The van der Waals surface area contributed by atoms with Crippen molar-refractivity contribution in [3.05, 3.63) is 0 Å². The summed E-state index contributed by atoms with van der Waals surface area (Å²) < 4.78 is 0. The summed E-state index contributed by atoms with van der Waals surface area (Å²) in [5.74, 6) is 0.819. The van der Waals surface area contributed by atoms with Gasteiger partial charge in [0.15, 0.2) is 0 Å². The second-order valence-electron chi connectivity index (χ2n) is 6.94. The Bertz CT molecular complexity index is 348. The Balaban J connectivity index is 1.96. The summed E-state index contributed by atoms with van der Waals surface area (Å²) in [4.78, 5) is 14.3. The van der Waals surface area contributed by atoms with Crippen LogP contribution in [0.2, 0.25) is 0 Å². The average molecular weight is 251 g/mol. The van der Waals surface area contributed by atoms with E-state index in [1.54, 1.807) is 0 Å². The van der Waals surface area contributed by atoms with Crippen LogP contribution in [0.3, 0.4) is 0 Å². The van der Waals surface area contributed by atoms with Gasteiger partial charge in [-0.2, -0.15) is 0 Å². The number of rotatable bonds is 4. The lowest BCUT2D eigenvalue weighted by Crippen LogP contribution is -2.64. The molecule has 4 aliphatic rings. The van der Waals surface area contributed by atoms with Crippen molar-refractivity contribution in [1.29, 1.82) is 0 Å². The number of carbonyl (C=O) groups is 1. The molecule has 3 heteroatoms. The highest BCUT2D eigenvalue weighted by atomic mass is 16.4. The van der Waals surface area contributed by atoms with Crippen LogP contribution in [0.5, 0.6) is 0 Å². The minimum Gasteiger partial charge on any atom is -0.481 e. The highest BCUT2D eigenvalue weighted by Gasteiger charge is 2.62. The second-order valence-corrected chi connectivity index (χ2v) is 6.94. The van der Waals surface area contributed by atoms with Crippen LogP contribution in [0.4, 0.5) is 0 Å². The lowest BCUT2D eigenvalue weighted by molar-refractivity contribution is -0.178. The SMILES string of the molecule is CCN(CC)C12CC3CC(CC(C(=O)O)(C3)C1)C2. The van der Waals surface area contributed by atoms with Crippen LogP contribution in [0.25, 0.3) is 0 Å². The van der Waals surface area contributed by atoms with E-state index < -0.39 is 5.97 Å². The Morgan fingerprint density at radius 1 is 1.17 bits per heavy atom. The molecule has 2 unspecified atom stereocenters. The zero-order chi connectivity index (χ0) is 13.0. The zero-order valence-corrected chi connectivity index (χ0v) is 11.6. The van der Waals surface area contributed by atoms with Gasteiger partial charge in [0.1, 0.15) is 0 Å². The van der Waals surface area contributed by atoms with Gasteiger partial charge in [-0.1, -0.05) is 13.8 Å². The Morgan fingerprint density at radius 3 is 2.17 bits per heavy atom. The van der Waals surface area contributed by atoms with Crippen molar-refractivity contribution in [2.24, 2.45) is 17.3 Å². The molecule has 18 heavy (non-hydrogen) atoms. The minimum absolute atomic E-state index is 0.214. The van der Waals surface area contributed by atoms with Crippen molar-refractivity contribution >= 4 is 5.97 Å². The largest absolute Gasteiger partial charge is 0.481 e. The molecule has 0 spiro atoms. The Morgan fingerprint density at radius 2 is 1.72 bits per heavy atom. The molecular weight excluding hydrogens is 226 g/mol. The fourth-order valence-electron chi connectivity index (χ4n) is 5.73. The smallest absolute Gasteiger partial charge is 0.309 e. The summed E-state index contributed by atoms with van der Waals surface area (Å²) in [6, 6.07) is 0. The van der Waals surface area contributed by atoms with E-state index in [9.17, 15) is 9.90 Å². The van der Waals surface area contributed by atoms with E-state index in [0.29, 0.717) is 11.8 Å². The normalized spacial score (nSPS) is 45.7. The molecular formula is C15H25NO2. The summed E-state index contributed by atoms with van der Waals surface area (Å²) in [5, 5.41) is 9.70. The molecule has 4 bridgehead atoms. The molecule has 0 heterocycles. The Labute approximate surface area is 110 Å². The van der Waals surface area contributed by atoms with Crippen molar-refractivity contribution in [1.82, 2.24) is 4.90 Å². The molecule has 3 nitrogen and oxygen atoms in total. The summed E-state index contributed by atoms with van der Waals surface area (Å²) in [5.41, 5.74) is -0.168. The molecule has 4 rings (SSSR count). The van der Waals surface area contributed by atoms with Gasteiger partial charge >= 0.3 is 5.97 Å². The van der Waals surface area contributed by atoms with E-state index in [1.807, 2.05) is 0 Å². The zero-order valence-electron chi connectivity index (χ0n) is 11.6. The summed E-state index contributed by atoms with van der Waals surface area (Å²) >= 11 is 0.